The van der Waals surface area contributed by atoms with Gasteiger partial charge in [0, 0.05) is 54.5 Å². The predicted octanol–water partition coefficient (Wildman–Crippen LogP) is 9.44. The van der Waals surface area contributed by atoms with Crippen molar-refractivity contribution < 1.29 is 88.8 Å². The summed E-state index contributed by atoms with van der Waals surface area (Å²) in [5.74, 6) is -6.22. The van der Waals surface area contributed by atoms with E-state index in [2.05, 4.69) is 32.3 Å². The summed E-state index contributed by atoms with van der Waals surface area (Å²) in [5, 5.41) is 9.20. The topological polar surface area (TPSA) is 217 Å². The SMILES string of the molecule is COP(=O)(OC)Oc1ccc(CC(=O)N(Cc2nn(CC(F)(F)F)c3c(-c4ccc(C#CC(C)(C)S(C)(=O)=O)nc4C(Cc4cc(F)cc(F)c4)NC(=O)Cn4nc(C(F)(F)F)c5c4C(F)(F)[C@@H]4C[C@H]54)ccc(Cl)c23)S(=O)[O-])cc1. The number of halogens is 11. The fourth-order valence-corrected chi connectivity index (χ4v) is 10.7. The van der Waals surface area contributed by atoms with Crippen LogP contribution >= 0.6 is 19.4 Å². The first-order valence-corrected chi connectivity index (χ1v) is 28.1. The van der Waals surface area contributed by atoms with Crippen LogP contribution in [0.5, 0.6) is 5.75 Å². The number of hydrogen-bond acceptors (Lipinski definition) is 13. The number of alkyl halides is 8. The van der Waals surface area contributed by atoms with Gasteiger partial charge < -0.3 is 14.4 Å². The lowest BCUT2D eigenvalue weighted by Gasteiger charge is -2.24. The Hall–Kier alpha value is -6.41. The zero-order chi connectivity index (χ0) is 58.8. The standard InChI is InChI=1S/C49H43ClF10N7O10PS2/c1-46(2,80(5,73)74)15-14-29-8-11-31(42(61-29)36(18-26-16-27(51)20-28(52)17-26)62-38(68)23-65-45-40(44(64-65)49(58,59)60)33-21-34(33)48(45,56)57)32-12-13-35(50)41-37(63-66(43(32)41)24-47(53,54)55)22-67(79(71)72)39(69)19-25-6-9-30(10-7-25)77-78(70,75-3)76-4/h6-13,16-17,20,33-34,36H,18-19,21-24H2,1-5H3,(H,62,68)(H,71,72)/p-1/t33-,34+,36?/m0/s1. The zero-order valence-corrected chi connectivity index (χ0v) is 45.3. The molecule has 2 unspecified atom stereocenters. The van der Waals surface area contributed by atoms with Crippen LogP contribution in [0.4, 0.5) is 43.9 Å². The molecule has 1 saturated carbocycles. The molecule has 80 heavy (non-hydrogen) atoms. The summed E-state index contributed by atoms with van der Waals surface area (Å²) in [4.78, 5) is 32.5. The van der Waals surface area contributed by atoms with Crippen molar-refractivity contribution in [2.45, 2.75) is 87.7 Å². The van der Waals surface area contributed by atoms with E-state index in [0.717, 1.165) is 44.7 Å². The van der Waals surface area contributed by atoms with Crippen LogP contribution in [0.15, 0.2) is 66.7 Å². The summed E-state index contributed by atoms with van der Waals surface area (Å²) in [7, 11) is -5.81. The third-order valence-corrected chi connectivity index (χ3v) is 17.4. The molecule has 4 atom stereocenters. The molecule has 0 bridgehead atoms. The van der Waals surface area contributed by atoms with Gasteiger partial charge in [-0.05, 0) is 92.1 Å². The maximum atomic E-state index is 15.6. The summed E-state index contributed by atoms with van der Waals surface area (Å²) >= 11 is 3.27. The van der Waals surface area contributed by atoms with Gasteiger partial charge in [-0.2, -0.15) is 45.3 Å². The Balaban J connectivity index is 1.27. The highest BCUT2D eigenvalue weighted by Gasteiger charge is 2.68. The average molecular weight is 1210 g/mol. The van der Waals surface area contributed by atoms with Crippen molar-refractivity contribution in [2.24, 2.45) is 5.92 Å². The average Bonchev–Trinajstić information content (AvgIpc) is 4.09. The molecule has 6 aromatic rings. The quantitative estimate of drug-likeness (QED) is 0.0368. The van der Waals surface area contributed by atoms with Crippen LogP contribution in [-0.4, -0.2) is 89.2 Å². The molecule has 0 saturated heterocycles. The van der Waals surface area contributed by atoms with E-state index in [1.807, 2.05) is 0 Å². The number of carbonyl (C=O) groups is 2. The summed E-state index contributed by atoms with van der Waals surface area (Å²) in [6.07, 6.45) is -11.1. The Morgan fingerprint density at radius 1 is 0.963 bits per heavy atom. The number of sulfone groups is 1. The van der Waals surface area contributed by atoms with Crippen molar-refractivity contribution >= 4 is 63.2 Å². The van der Waals surface area contributed by atoms with Crippen molar-refractivity contribution in [2.75, 3.05) is 20.5 Å². The molecule has 1 fully saturated rings. The number of pyridine rings is 1. The fourth-order valence-electron chi connectivity index (χ4n) is 9.03. The van der Waals surface area contributed by atoms with Crippen molar-refractivity contribution in [1.29, 1.82) is 0 Å². The van der Waals surface area contributed by atoms with Gasteiger partial charge in [-0.3, -0.25) is 36.5 Å². The number of phosphoric ester groups is 1. The molecule has 2 aliphatic carbocycles. The zero-order valence-electron chi connectivity index (χ0n) is 42.0. The number of fused-ring (bicyclic) bond motifs is 4. The number of phosphoric acid groups is 1. The van der Waals surface area contributed by atoms with E-state index in [1.54, 1.807) is 0 Å². The number of aromatic nitrogens is 5. The second kappa shape index (κ2) is 21.8. The Labute approximate surface area is 455 Å². The van der Waals surface area contributed by atoms with Gasteiger partial charge in [0.05, 0.1) is 52.2 Å². The van der Waals surface area contributed by atoms with Crippen LogP contribution in [-0.2, 0) is 88.9 Å². The number of carbonyl (C=O) groups excluding carboxylic acids is 2. The van der Waals surface area contributed by atoms with Crippen LogP contribution in [0.1, 0.15) is 77.4 Å². The molecule has 1 N–H and O–H groups in total. The fraction of sp³-hybridized carbons (Fsp3) is 0.367. The number of rotatable bonds is 18. The van der Waals surface area contributed by atoms with Crippen LogP contribution < -0.4 is 9.84 Å². The lowest BCUT2D eigenvalue weighted by atomic mass is 9.93. The van der Waals surface area contributed by atoms with E-state index < -0.39 is 160 Å². The van der Waals surface area contributed by atoms with Crippen LogP contribution in [0.2, 0.25) is 5.02 Å². The minimum atomic E-state index is -5.23. The van der Waals surface area contributed by atoms with E-state index in [-0.39, 0.29) is 59.5 Å². The minimum absolute atomic E-state index is 0.0403. The summed E-state index contributed by atoms with van der Waals surface area (Å²) < 4.78 is 225. The molecule has 3 aromatic carbocycles. The molecular formula is C49H42ClF10N7O10PS2-. The second-order valence-electron chi connectivity index (χ2n) is 19.0. The van der Waals surface area contributed by atoms with Gasteiger partial charge in [-0.1, -0.05) is 35.7 Å². The lowest BCUT2D eigenvalue weighted by molar-refractivity contribution is -0.143. The molecule has 2 aliphatic rings. The Kier molecular flexibility index (Phi) is 16.3. The van der Waals surface area contributed by atoms with Gasteiger partial charge in [-0.15, -0.1) is 0 Å². The molecule has 0 spiro atoms. The molecule has 0 aliphatic heterocycles. The molecule has 2 amide bonds. The Morgan fingerprint density at radius 3 is 2.19 bits per heavy atom. The highest BCUT2D eigenvalue weighted by Crippen LogP contribution is 2.68. The van der Waals surface area contributed by atoms with Gasteiger partial charge >= 0.3 is 20.2 Å². The second-order valence-corrected chi connectivity index (χ2v) is 24.7. The van der Waals surface area contributed by atoms with Crippen molar-refractivity contribution in [3.8, 4) is 28.7 Å². The maximum Gasteiger partial charge on any atom is 0.529 e. The summed E-state index contributed by atoms with van der Waals surface area (Å²) in [6.45, 7) is -1.77. The molecular weight excluding hydrogens is 1170 g/mol. The van der Waals surface area contributed by atoms with Crippen LogP contribution in [0.3, 0.4) is 0 Å². The van der Waals surface area contributed by atoms with Crippen LogP contribution in [0, 0.1) is 29.4 Å². The molecule has 0 radical (unpaired) electrons. The smallest absolute Gasteiger partial charge is 0.529 e. The first-order chi connectivity index (χ1) is 37.1. The van der Waals surface area contributed by atoms with Gasteiger partial charge in [0.2, 0.25) is 11.8 Å². The van der Waals surface area contributed by atoms with E-state index in [0.29, 0.717) is 10.7 Å². The number of hydrogen-bond donors (Lipinski definition) is 1. The van der Waals surface area contributed by atoms with Gasteiger partial charge in [0.1, 0.15) is 46.6 Å². The van der Waals surface area contributed by atoms with Gasteiger partial charge in [0.25, 0.3) is 5.92 Å². The van der Waals surface area contributed by atoms with Crippen LogP contribution in [0.25, 0.3) is 22.0 Å². The third-order valence-electron chi connectivity index (χ3n) is 13.1. The minimum Gasteiger partial charge on any atom is -0.755 e. The summed E-state index contributed by atoms with van der Waals surface area (Å²) in [5.41, 5.74) is -5.96. The third kappa shape index (κ3) is 12.6. The number of nitrogens with one attached hydrogen (secondary N) is 1. The predicted molar refractivity (Wildman–Crippen MR) is 265 cm³/mol. The highest BCUT2D eigenvalue weighted by atomic mass is 35.5. The number of nitrogens with zero attached hydrogens (tertiary/aromatic N) is 6. The molecule has 8 rings (SSSR count). The molecule has 428 valence electrons. The first kappa shape index (κ1) is 59.7. The van der Waals surface area contributed by atoms with Crippen molar-refractivity contribution in [3.05, 3.63) is 129 Å². The monoisotopic (exact) mass is 1210 g/mol. The highest BCUT2D eigenvalue weighted by molar-refractivity contribution is 7.92. The van der Waals surface area contributed by atoms with Gasteiger partial charge in [-0.25, -0.2) is 26.7 Å². The largest absolute Gasteiger partial charge is 0.755 e. The van der Waals surface area contributed by atoms with Crippen molar-refractivity contribution in [3.63, 3.8) is 0 Å². The Morgan fingerprint density at radius 2 is 1.60 bits per heavy atom. The van der Waals surface area contributed by atoms with Crippen molar-refractivity contribution in [1.82, 2.24) is 34.2 Å². The van der Waals surface area contributed by atoms with E-state index in [1.165, 1.54) is 50.2 Å². The number of benzene rings is 3. The molecule has 3 heterocycles. The molecule has 31 heteroatoms. The summed E-state index contributed by atoms with van der Waals surface area (Å²) in [6, 6.07) is 10.1. The first-order valence-electron chi connectivity index (χ1n) is 23.3. The normalized spacial score (nSPS) is 16.8. The lowest BCUT2D eigenvalue weighted by Crippen LogP contribution is -2.35. The van der Waals surface area contributed by atoms with E-state index >= 15 is 8.78 Å². The molecule has 3 aromatic heterocycles. The maximum absolute atomic E-state index is 15.6. The van der Waals surface area contributed by atoms with E-state index in [9.17, 15) is 66.5 Å². The molecule has 17 nitrogen and oxygen atoms in total. The Bertz CT molecular complexity index is 3690. The van der Waals surface area contributed by atoms with E-state index in [4.69, 9.17) is 25.2 Å². The van der Waals surface area contributed by atoms with Gasteiger partial charge in [0.15, 0.2) is 15.5 Å². The number of amides is 2.